The molecule has 0 aliphatic carbocycles. The molecule has 0 unspecified atom stereocenters. The second kappa shape index (κ2) is 9.64. The van der Waals surface area contributed by atoms with E-state index in [1.54, 1.807) is 49.6 Å². The topological polar surface area (TPSA) is 112 Å². The number of carbonyl (C=O) groups is 2. The molecule has 2 aromatic carbocycles. The molecule has 0 saturated carbocycles. The first kappa shape index (κ1) is 20.3. The maximum absolute atomic E-state index is 12.3. The molecule has 2 amide bonds. The van der Waals surface area contributed by atoms with E-state index in [1.807, 2.05) is 6.07 Å². The number of benzene rings is 2. The van der Waals surface area contributed by atoms with Gasteiger partial charge in [0, 0.05) is 30.6 Å². The van der Waals surface area contributed by atoms with Crippen molar-refractivity contribution in [3.8, 4) is 17.6 Å². The molecule has 0 heterocycles. The van der Waals surface area contributed by atoms with Crippen LogP contribution in [0.5, 0.6) is 11.5 Å². The van der Waals surface area contributed by atoms with E-state index in [-0.39, 0.29) is 11.5 Å². The van der Waals surface area contributed by atoms with Crippen molar-refractivity contribution in [2.75, 3.05) is 30.2 Å². The number of anilines is 3. The molecule has 0 bridgehead atoms. The average Bonchev–Trinajstić information content (AvgIpc) is 2.69. The molecule has 0 radical (unpaired) electrons. The van der Waals surface area contributed by atoms with E-state index in [0.717, 1.165) is 0 Å². The third-order valence-corrected chi connectivity index (χ3v) is 3.61. The lowest BCUT2D eigenvalue weighted by Crippen LogP contribution is -2.14. The Hall–Kier alpha value is -3.99. The van der Waals surface area contributed by atoms with Crippen molar-refractivity contribution >= 4 is 28.9 Å². The Labute approximate surface area is 162 Å². The van der Waals surface area contributed by atoms with Crippen LogP contribution in [0.4, 0.5) is 17.1 Å². The molecular formula is C20H20N4O4. The van der Waals surface area contributed by atoms with Gasteiger partial charge in [-0.25, -0.2) is 0 Å². The minimum Gasteiger partial charge on any atom is -0.497 e. The van der Waals surface area contributed by atoms with Gasteiger partial charge in [-0.2, -0.15) is 5.26 Å². The zero-order valence-electron chi connectivity index (χ0n) is 15.7. The lowest BCUT2D eigenvalue weighted by molar-refractivity contribution is -0.114. The molecule has 0 saturated heterocycles. The monoisotopic (exact) mass is 380 g/mol. The van der Waals surface area contributed by atoms with Gasteiger partial charge in [-0.1, -0.05) is 0 Å². The number of nitrogens with one attached hydrogen (secondary N) is 3. The zero-order valence-corrected chi connectivity index (χ0v) is 15.7. The minimum atomic E-state index is -0.574. The van der Waals surface area contributed by atoms with Gasteiger partial charge < -0.3 is 25.4 Å². The number of rotatable bonds is 7. The van der Waals surface area contributed by atoms with Gasteiger partial charge in [-0.3, -0.25) is 9.59 Å². The van der Waals surface area contributed by atoms with Crippen molar-refractivity contribution in [3.05, 3.63) is 54.2 Å². The lowest BCUT2D eigenvalue weighted by atomic mass is 10.2. The van der Waals surface area contributed by atoms with Crippen LogP contribution in [-0.4, -0.2) is 26.0 Å². The summed E-state index contributed by atoms with van der Waals surface area (Å²) < 4.78 is 10.4. The molecule has 8 nitrogen and oxygen atoms in total. The minimum absolute atomic E-state index is 0.121. The lowest BCUT2D eigenvalue weighted by Gasteiger charge is -2.10. The van der Waals surface area contributed by atoms with Gasteiger partial charge in [-0.15, -0.1) is 0 Å². The van der Waals surface area contributed by atoms with Gasteiger partial charge in [0.25, 0.3) is 5.91 Å². The van der Waals surface area contributed by atoms with E-state index in [4.69, 9.17) is 9.47 Å². The number of amides is 2. The molecule has 144 valence electrons. The summed E-state index contributed by atoms with van der Waals surface area (Å²) in [5.41, 5.74) is 1.55. The van der Waals surface area contributed by atoms with Crippen molar-refractivity contribution in [3.63, 3.8) is 0 Å². The fourth-order valence-corrected chi connectivity index (χ4v) is 2.25. The fourth-order valence-electron chi connectivity index (χ4n) is 2.25. The first-order chi connectivity index (χ1) is 13.5. The van der Waals surface area contributed by atoms with Crippen molar-refractivity contribution < 1.29 is 19.1 Å². The van der Waals surface area contributed by atoms with Gasteiger partial charge in [0.05, 0.1) is 19.9 Å². The Morgan fingerprint density at radius 3 is 2.18 bits per heavy atom. The maximum Gasteiger partial charge on any atom is 0.267 e. The van der Waals surface area contributed by atoms with Crippen molar-refractivity contribution in [1.29, 1.82) is 5.26 Å². The normalized spacial score (nSPS) is 10.4. The summed E-state index contributed by atoms with van der Waals surface area (Å²) in [6.45, 7) is 1.41. The summed E-state index contributed by atoms with van der Waals surface area (Å²) in [7, 11) is 3.05. The van der Waals surface area contributed by atoms with Crippen LogP contribution >= 0.6 is 0 Å². The molecule has 2 rings (SSSR count). The predicted octanol–water partition coefficient (Wildman–Crippen LogP) is 3.12. The van der Waals surface area contributed by atoms with Crippen LogP contribution in [0, 0.1) is 11.3 Å². The molecule has 28 heavy (non-hydrogen) atoms. The highest BCUT2D eigenvalue weighted by Crippen LogP contribution is 2.29. The summed E-state index contributed by atoms with van der Waals surface area (Å²) in [4.78, 5) is 23.3. The molecule has 2 aromatic rings. The highest BCUT2D eigenvalue weighted by Gasteiger charge is 2.11. The van der Waals surface area contributed by atoms with E-state index in [0.29, 0.717) is 28.6 Å². The quantitative estimate of drug-likeness (QED) is 0.502. The van der Waals surface area contributed by atoms with Crippen LogP contribution in [0.3, 0.4) is 0 Å². The summed E-state index contributed by atoms with van der Waals surface area (Å²) in [6, 6.07) is 13.5. The van der Waals surface area contributed by atoms with Crippen molar-refractivity contribution in [2.24, 2.45) is 0 Å². The molecule has 0 spiro atoms. The third-order valence-electron chi connectivity index (χ3n) is 3.61. The van der Waals surface area contributed by atoms with Gasteiger partial charge in [0.1, 0.15) is 23.1 Å². The Balaban J connectivity index is 2.09. The Morgan fingerprint density at radius 2 is 1.64 bits per heavy atom. The number of methoxy groups -OCH3 is 2. The number of nitriles is 1. The molecule has 0 aromatic heterocycles. The van der Waals surface area contributed by atoms with E-state index in [9.17, 15) is 14.9 Å². The Bertz CT molecular complexity index is 930. The van der Waals surface area contributed by atoms with Crippen LogP contribution in [0.15, 0.2) is 54.2 Å². The first-order valence-electron chi connectivity index (χ1n) is 8.24. The van der Waals surface area contributed by atoms with Crippen molar-refractivity contribution in [1.82, 2.24) is 0 Å². The largest absolute Gasteiger partial charge is 0.497 e. The van der Waals surface area contributed by atoms with Crippen LogP contribution < -0.4 is 25.4 Å². The summed E-state index contributed by atoms with van der Waals surface area (Å²) in [5.74, 6) is 0.357. The van der Waals surface area contributed by atoms with E-state index in [1.165, 1.54) is 20.2 Å². The fraction of sp³-hybridized carbons (Fsp3) is 0.150. The molecule has 0 atom stereocenters. The molecular weight excluding hydrogens is 360 g/mol. The highest BCUT2D eigenvalue weighted by molar-refractivity contribution is 6.06. The standard InChI is InChI=1S/C20H20N4O4/c1-13(25)23-15-4-6-16(7-5-15)24-20(26)14(11-21)12-22-18-9-8-17(27-2)10-19(18)28-3/h4-10,12,22H,1-3H3,(H,23,25)(H,24,26)/b14-12-. The SMILES string of the molecule is COc1ccc(N/C=C(/C#N)C(=O)Nc2ccc(NC(C)=O)cc2)c(OC)c1. The van der Waals surface area contributed by atoms with Crippen LogP contribution in [-0.2, 0) is 9.59 Å². The van der Waals surface area contributed by atoms with Gasteiger partial charge in [0.2, 0.25) is 5.91 Å². The number of ether oxygens (including phenoxy) is 2. The molecule has 0 aliphatic heterocycles. The summed E-state index contributed by atoms with van der Waals surface area (Å²) >= 11 is 0. The van der Waals surface area contributed by atoms with Crippen molar-refractivity contribution in [2.45, 2.75) is 6.92 Å². The van der Waals surface area contributed by atoms with E-state index < -0.39 is 5.91 Å². The second-order valence-corrected chi connectivity index (χ2v) is 5.59. The average molecular weight is 380 g/mol. The van der Waals surface area contributed by atoms with Gasteiger partial charge in [0.15, 0.2) is 0 Å². The second-order valence-electron chi connectivity index (χ2n) is 5.59. The van der Waals surface area contributed by atoms with Crippen LogP contribution in [0.1, 0.15) is 6.92 Å². The number of hydrogen-bond donors (Lipinski definition) is 3. The maximum atomic E-state index is 12.3. The molecule has 8 heteroatoms. The Morgan fingerprint density at radius 1 is 1.00 bits per heavy atom. The molecule has 0 fully saturated rings. The molecule has 3 N–H and O–H groups in total. The number of carbonyl (C=O) groups excluding carboxylic acids is 2. The van der Waals surface area contributed by atoms with Gasteiger partial charge in [-0.05, 0) is 36.4 Å². The van der Waals surface area contributed by atoms with E-state index in [2.05, 4.69) is 16.0 Å². The zero-order chi connectivity index (χ0) is 20.5. The predicted molar refractivity (Wildman–Crippen MR) is 106 cm³/mol. The van der Waals surface area contributed by atoms with Gasteiger partial charge >= 0.3 is 0 Å². The van der Waals surface area contributed by atoms with Crippen LogP contribution in [0.25, 0.3) is 0 Å². The Kier molecular flexibility index (Phi) is 6.99. The summed E-state index contributed by atoms with van der Waals surface area (Å²) in [6.07, 6.45) is 1.30. The highest BCUT2D eigenvalue weighted by atomic mass is 16.5. The van der Waals surface area contributed by atoms with Crippen LogP contribution in [0.2, 0.25) is 0 Å². The molecule has 0 aliphatic rings. The smallest absolute Gasteiger partial charge is 0.267 e. The first-order valence-corrected chi connectivity index (χ1v) is 8.24. The summed E-state index contributed by atoms with van der Waals surface area (Å²) in [5, 5.41) is 17.4. The number of nitrogens with zero attached hydrogens (tertiary/aromatic N) is 1. The third kappa shape index (κ3) is 5.51. The van der Waals surface area contributed by atoms with E-state index >= 15 is 0 Å². The number of hydrogen-bond acceptors (Lipinski definition) is 6.